The van der Waals surface area contributed by atoms with Crippen molar-refractivity contribution < 1.29 is 10.0 Å². The maximum Gasteiger partial charge on any atom is 0.251 e. The molecule has 8 heteroatoms. The number of nitrogens with one attached hydrogen (secondary N) is 1. The third-order valence-electron chi connectivity index (χ3n) is 2.99. The number of benzene rings is 1. The molecule has 0 radical (unpaired) electrons. The highest BCUT2D eigenvalue weighted by molar-refractivity contribution is 5.99. The van der Waals surface area contributed by atoms with Gasteiger partial charge in [0.2, 0.25) is 0 Å². The van der Waals surface area contributed by atoms with Crippen molar-refractivity contribution in [2.45, 2.75) is 20.0 Å². The number of nitrogens with two attached hydrogens (primary N) is 1. The topological polar surface area (TPSA) is 118 Å². The first-order valence-corrected chi connectivity index (χ1v) is 6.38. The van der Waals surface area contributed by atoms with Gasteiger partial charge in [0.05, 0.1) is 6.54 Å². The molecule has 0 saturated carbocycles. The van der Waals surface area contributed by atoms with E-state index < -0.39 is 0 Å². The van der Waals surface area contributed by atoms with Gasteiger partial charge in [0.1, 0.15) is 6.33 Å². The Labute approximate surface area is 121 Å². The summed E-state index contributed by atoms with van der Waals surface area (Å²) in [7, 11) is 0. The summed E-state index contributed by atoms with van der Waals surface area (Å²) in [5.41, 5.74) is 6.48. The number of hydrogen-bond donors (Lipinski definition) is 3. The molecule has 2 aromatic rings. The van der Waals surface area contributed by atoms with Gasteiger partial charge in [-0.15, -0.1) is 10.2 Å². The van der Waals surface area contributed by atoms with Crippen LogP contribution in [0.4, 0.5) is 0 Å². The van der Waals surface area contributed by atoms with Crippen molar-refractivity contribution in [3.05, 3.63) is 47.5 Å². The van der Waals surface area contributed by atoms with Gasteiger partial charge in [-0.2, -0.15) is 0 Å². The summed E-state index contributed by atoms with van der Waals surface area (Å²) in [6, 6.07) is 6.43. The fourth-order valence-electron chi connectivity index (χ4n) is 1.79. The van der Waals surface area contributed by atoms with Crippen LogP contribution in [-0.2, 0) is 13.1 Å². The summed E-state index contributed by atoms with van der Waals surface area (Å²) in [4.78, 5) is 12.0. The van der Waals surface area contributed by atoms with Gasteiger partial charge in [0.15, 0.2) is 11.7 Å². The molecule has 0 spiro atoms. The quantitative estimate of drug-likeness (QED) is 0.317. The fourth-order valence-corrected chi connectivity index (χ4v) is 1.79. The normalized spacial score (nSPS) is 11.4. The molecule has 0 fully saturated rings. The zero-order valence-electron chi connectivity index (χ0n) is 11.5. The number of amides is 1. The monoisotopic (exact) mass is 288 g/mol. The molecule has 1 aromatic heterocycles. The largest absolute Gasteiger partial charge is 0.409 e. The van der Waals surface area contributed by atoms with Crippen molar-refractivity contribution in [3.8, 4) is 0 Å². The maximum absolute atomic E-state index is 12.0. The van der Waals surface area contributed by atoms with Crippen LogP contribution in [0.25, 0.3) is 0 Å². The van der Waals surface area contributed by atoms with E-state index in [1.165, 1.54) is 0 Å². The molecule has 110 valence electrons. The van der Waals surface area contributed by atoms with E-state index in [0.29, 0.717) is 23.5 Å². The first kappa shape index (κ1) is 14.5. The standard InChI is InChI=1S/C13H16N6O2/c1-2-19-8-16-17-11(19)7-15-13(20)10-5-3-9(4-6-10)12(14)18-21/h3-6,8,21H,2,7H2,1H3,(H2,14,18)(H,15,20). The lowest BCUT2D eigenvalue weighted by Gasteiger charge is -2.06. The lowest BCUT2D eigenvalue weighted by atomic mass is 10.1. The lowest BCUT2D eigenvalue weighted by molar-refractivity contribution is 0.0949. The molecule has 0 saturated heterocycles. The molecule has 0 bridgehead atoms. The highest BCUT2D eigenvalue weighted by Gasteiger charge is 2.08. The Morgan fingerprint density at radius 1 is 1.38 bits per heavy atom. The molecular formula is C13H16N6O2. The van der Waals surface area contributed by atoms with Crippen molar-refractivity contribution in [2.75, 3.05) is 0 Å². The van der Waals surface area contributed by atoms with E-state index in [1.807, 2.05) is 11.5 Å². The Kier molecular flexibility index (Phi) is 4.50. The van der Waals surface area contributed by atoms with E-state index in [2.05, 4.69) is 20.7 Å². The van der Waals surface area contributed by atoms with Crippen LogP contribution in [0.1, 0.15) is 28.7 Å². The van der Waals surface area contributed by atoms with E-state index in [4.69, 9.17) is 10.9 Å². The summed E-state index contributed by atoms with van der Waals surface area (Å²) in [6.07, 6.45) is 1.62. The molecule has 1 amide bonds. The second-order valence-corrected chi connectivity index (χ2v) is 4.28. The average Bonchev–Trinajstić information content (AvgIpc) is 2.99. The molecule has 0 unspecified atom stereocenters. The van der Waals surface area contributed by atoms with E-state index >= 15 is 0 Å². The lowest BCUT2D eigenvalue weighted by Crippen LogP contribution is -2.24. The third-order valence-corrected chi connectivity index (χ3v) is 2.99. The van der Waals surface area contributed by atoms with Crippen molar-refractivity contribution in [2.24, 2.45) is 10.9 Å². The van der Waals surface area contributed by atoms with Gasteiger partial charge in [-0.05, 0) is 19.1 Å². The first-order valence-electron chi connectivity index (χ1n) is 6.38. The van der Waals surface area contributed by atoms with Gasteiger partial charge in [-0.25, -0.2) is 0 Å². The molecule has 1 heterocycles. The molecule has 2 rings (SSSR count). The minimum atomic E-state index is -0.230. The van der Waals surface area contributed by atoms with Crippen LogP contribution in [-0.4, -0.2) is 31.7 Å². The summed E-state index contributed by atoms with van der Waals surface area (Å²) in [5, 5.41) is 22.0. The third kappa shape index (κ3) is 3.35. The van der Waals surface area contributed by atoms with Crippen LogP contribution in [0, 0.1) is 0 Å². The van der Waals surface area contributed by atoms with Crippen LogP contribution in [0.15, 0.2) is 35.7 Å². The number of nitrogens with zero attached hydrogens (tertiary/aromatic N) is 4. The summed E-state index contributed by atoms with van der Waals surface area (Å²) < 4.78 is 1.85. The molecule has 21 heavy (non-hydrogen) atoms. The van der Waals surface area contributed by atoms with Crippen LogP contribution in [0.3, 0.4) is 0 Å². The van der Waals surface area contributed by atoms with Crippen molar-refractivity contribution in [1.82, 2.24) is 20.1 Å². The Morgan fingerprint density at radius 2 is 2.05 bits per heavy atom. The zero-order valence-corrected chi connectivity index (χ0v) is 11.5. The van der Waals surface area contributed by atoms with Gasteiger partial charge < -0.3 is 20.8 Å². The second-order valence-electron chi connectivity index (χ2n) is 4.28. The highest BCUT2D eigenvalue weighted by atomic mass is 16.4. The van der Waals surface area contributed by atoms with Gasteiger partial charge in [0.25, 0.3) is 5.91 Å². The van der Waals surface area contributed by atoms with Crippen molar-refractivity contribution >= 4 is 11.7 Å². The number of amidine groups is 1. The molecular weight excluding hydrogens is 272 g/mol. The number of rotatable bonds is 5. The van der Waals surface area contributed by atoms with E-state index in [-0.39, 0.29) is 11.7 Å². The Hall–Kier alpha value is -2.90. The maximum atomic E-state index is 12.0. The van der Waals surface area contributed by atoms with Crippen LogP contribution >= 0.6 is 0 Å². The first-order chi connectivity index (χ1) is 10.2. The number of carbonyl (C=O) groups excluding carboxylic acids is 1. The number of aryl methyl sites for hydroxylation is 1. The summed E-state index contributed by atoms with van der Waals surface area (Å²) in [6.45, 7) is 3.02. The highest BCUT2D eigenvalue weighted by Crippen LogP contribution is 2.05. The Bertz CT molecular complexity index is 647. The van der Waals surface area contributed by atoms with E-state index in [0.717, 1.165) is 6.54 Å². The van der Waals surface area contributed by atoms with Crippen molar-refractivity contribution in [3.63, 3.8) is 0 Å². The number of oxime groups is 1. The number of aromatic nitrogens is 3. The van der Waals surface area contributed by atoms with Gasteiger partial charge in [-0.3, -0.25) is 4.79 Å². The molecule has 0 aliphatic rings. The molecule has 4 N–H and O–H groups in total. The van der Waals surface area contributed by atoms with Crippen molar-refractivity contribution in [1.29, 1.82) is 0 Å². The van der Waals surface area contributed by atoms with Gasteiger partial charge in [0, 0.05) is 17.7 Å². The second kappa shape index (κ2) is 6.51. The van der Waals surface area contributed by atoms with Crippen LogP contribution in [0.2, 0.25) is 0 Å². The summed E-state index contributed by atoms with van der Waals surface area (Å²) >= 11 is 0. The fraction of sp³-hybridized carbons (Fsp3) is 0.231. The molecule has 0 aliphatic carbocycles. The molecule has 0 aliphatic heterocycles. The van der Waals surface area contributed by atoms with Crippen LogP contribution in [0.5, 0.6) is 0 Å². The van der Waals surface area contributed by atoms with Gasteiger partial charge in [-0.1, -0.05) is 17.3 Å². The average molecular weight is 288 g/mol. The zero-order chi connectivity index (χ0) is 15.2. The van der Waals surface area contributed by atoms with E-state index in [1.54, 1.807) is 30.6 Å². The molecule has 1 aromatic carbocycles. The number of carbonyl (C=O) groups is 1. The minimum Gasteiger partial charge on any atom is -0.409 e. The van der Waals surface area contributed by atoms with E-state index in [9.17, 15) is 4.79 Å². The smallest absolute Gasteiger partial charge is 0.251 e. The molecule has 0 atom stereocenters. The predicted molar refractivity (Wildman–Crippen MR) is 75.8 cm³/mol. The van der Waals surface area contributed by atoms with Gasteiger partial charge >= 0.3 is 0 Å². The predicted octanol–water partition coefficient (Wildman–Crippen LogP) is 0.322. The SMILES string of the molecule is CCn1cnnc1CNC(=O)c1ccc(/C(N)=N/O)cc1. The minimum absolute atomic E-state index is 0.00185. The number of hydrogen-bond acceptors (Lipinski definition) is 5. The Morgan fingerprint density at radius 3 is 2.67 bits per heavy atom. The Balaban J connectivity index is 2.00. The van der Waals surface area contributed by atoms with Crippen LogP contribution < -0.4 is 11.1 Å². The molecule has 8 nitrogen and oxygen atoms in total. The summed E-state index contributed by atoms with van der Waals surface area (Å²) in [5.74, 6) is 0.462.